The van der Waals surface area contributed by atoms with Crippen molar-refractivity contribution in [3.63, 3.8) is 0 Å². The van der Waals surface area contributed by atoms with Gasteiger partial charge in [0, 0.05) is 27.4 Å². The summed E-state index contributed by atoms with van der Waals surface area (Å²) in [5.41, 5.74) is 2.38. The van der Waals surface area contributed by atoms with Gasteiger partial charge in [0.2, 0.25) is 0 Å². The number of aromatic nitrogens is 1. The molecule has 4 nitrogen and oxygen atoms in total. The van der Waals surface area contributed by atoms with Crippen molar-refractivity contribution in [2.24, 2.45) is 0 Å². The third-order valence-electron chi connectivity index (χ3n) is 4.37. The molecule has 2 aliphatic heterocycles. The summed E-state index contributed by atoms with van der Waals surface area (Å²) in [7, 11) is 0. The van der Waals surface area contributed by atoms with Crippen LogP contribution in [0.15, 0.2) is 54.2 Å². The first kappa shape index (κ1) is 18.6. The monoisotopic (exact) mass is 437 g/mol. The Hall–Kier alpha value is -1.79. The smallest absolute Gasteiger partial charge is 0.284 e. The molecule has 0 spiro atoms. The highest BCUT2D eigenvalue weighted by atomic mass is 35.5. The van der Waals surface area contributed by atoms with Gasteiger partial charge < -0.3 is 5.11 Å². The molecule has 0 amide bonds. The van der Waals surface area contributed by atoms with Crippen LogP contribution >= 0.6 is 46.1 Å². The molecule has 0 bridgehead atoms. The number of benzene rings is 1. The highest BCUT2D eigenvalue weighted by Gasteiger charge is 2.32. The lowest BCUT2D eigenvalue weighted by molar-refractivity contribution is -0.615. The number of thiazole rings is 1. The third kappa shape index (κ3) is 3.65. The highest BCUT2D eigenvalue weighted by Crippen LogP contribution is 2.31. The van der Waals surface area contributed by atoms with E-state index in [4.69, 9.17) is 34.8 Å². The van der Waals surface area contributed by atoms with Crippen molar-refractivity contribution in [3.05, 3.63) is 79.2 Å². The van der Waals surface area contributed by atoms with Crippen LogP contribution in [0, 0.1) is 0 Å². The summed E-state index contributed by atoms with van der Waals surface area (Å²) in [5, 5.41) is 14.4. The quantitative estimate of drug-likeness (QED) is 0.661. The standard InChI is InChI=1S/C19H14Cl3N3OS/c1-11-3-2-4-24-10-16(12-5-13(20)7-14(21)6-12)18(26)25(17(11)24)9-15-8-23-19(22)27-15/h2-8H,9-10H2,1H3. The van der Waals surface area contributed by atoms with E-state index in [0.29, 0.717) is 33.2 Å². The second-order valence-electron chi connectivity index (χ2n) is 6.25. The van der Waals surface area contributed by atoms with Crippen LogP contribution in [0.2, 0.25) is 14.5 Å². The molecule has 3 heterocycles. The molecule has 4 rings (SSSR count). The predicted molar refractivity (Wildman–Crippen MR) is 109 cm³/mol. The van der Waals surface area contributed by atoms with Gasteiger partial charge >= 0.3 is 0 Å². The van der Waals surface area contributed by atoms with Gasteiger partial charge in [0.25, 0.3) is 5.84 Å². The Bertz CT molecular complexity index is 1030. The number of nitrogens with zero attached hydrogens (tertiary/aromatic N) is 3. The number of halogens is 3. The van der Waals surface area contributed by atoms with E-state index in [2.05, 4.69) is 9.88 Å². The maximum absolute atomic E-state index is 13.4. The van der Waals surface area contributed by atoms with Crippen LogP contribution in [0.5, 0.6) is 0 Å². The van der Waals surface area contributed by atoms with Crippen molar-refractivity contribution in [2.75, 3.05) is 6.54 Å². The first-order valence-corrected chi connectivity index (χ1v) is 10.1. The molecule has 0 radical (unpaired) electrons. The number of rotatable bonds is 3. The molecule has 0 fully saturated rings. The summed E-state index contributed by atoms with van der Waals surface area (Å²) in [6.45, 7) is 2.84. The van der Waals surface area contributed by atoms with Crippen LogP contribution in [0.3, 0.4) is 0 Å². The zero-order chi connectivity index (χ0) is 19.1. The zero-order valence-electron chi connectivity index (χ0n) is 14.2. The van der Waals surface area contributed by atoms with Crippen molar-refractivity contribution in [1.29, 1.82) is 0 Å². The maximum Gasteiger partial charge on any atom is 0.284 e. The maximum atomic E-state index is 13.4. The van der Waals surface area contributed by atoms with E-state index in [1.165, 1.54) is 11.3 Å². The van der Waals surface area contributed by atoms with Gasteiger partial charge in [-0.3, -0.25) is 0 Å². The molecule has 138 valence electrons. The average Bonchev–Trinajstić information content (AvgIpc) is 3.01. The normalized spacial score (nSPS) is 16.7. The lowest BCUT2D eigenvalue weighted by atomic mass is 10.0. The Morgan fingerprint density at radius 3 is 2.63 bits per heavy atom. The van der Waals surface area contributed by atoms with Crippen molar-refractivity contribution in [3.8, 4) is 0 Å². The number of amidine groups is 1. The van der Waals surface area contributed by atoms with E-state index >= 15 is 0 Å². The van der Waals surface area contributed by atoms with Gasteiger partial charge in [-0.25, -0.2) is 14.5 Å². The lowest BCUT2D eigenvalue weighted by Gasteiger charge is -2.32. The number of hydrogen-bond acceptors (Lipinski definition) is 4. The van der Waals surface area contributed by atoms with E-state index in [-0.39, 0.29) is 5.88 Å². The van der Waals surface area contributed by atoms with Gasteiger partial charge in [0.15, 0.2) is 4.47 Å². The largest absolute Gasteiger partial charge is 0.842 e. The van der Waals surface area contributed by atoms with E-state index < -0.39 is 0 Å². The molecule has 2 aliphatic rings. The predicted octanol–water partition coefficient (Wildman–Crippen LogP) is 4.53. The molecule has 1 aromatic carbocycles. The van der Waals surface area contributed by atoms with Crippen LogP contribution in [-0.2, 0) is 6.54 Å². The van der Waals surface area contributed by atoms with Crippen molar-refractivity contribution >= 4 is 57.5 Å². The van der Waals surface area contributed by atoms with Crippen LogP contribution in [0.1, 0.15) is 17.4 Å². The Balaban J connectivity index is 1.87. The van der Waals surface area contributed by atoms with Gasteiger partial charge in [-0.05, 0) is 42.8 Å². The van der Waals surface area contributed by atoms with Gasteiger partial charge in [-0.2, -0.15) is 0 Å². The molecule has 0 saturated heterocycles. The first-order valence-electron chi connectivity index (χ1n) is 8.16. The topological polar surface area (TPSA) is 42.2 Å². The summed E-state index contributed by atoms with van der Waals surface area (Å²) in [5.74, 6) is 0.788. The fraction of sp³-hybridized carbons (Fsp3) is 0.158. The minimum absolute atomic E-state index is 0.0767. The van der Waals surface area contributed by atoms with Crippen LogP contribution in [0.25, 0.3) is 5.57 Å². The molecule has 0 N–H and O–H groups in total. The minimum Gasteiger partial charge on any atom is -0.842 e. The average molecular weight is 439 g/mol. The first-order chi connectivity index (χ1) is 12.9. The van der Waals surface area contributed by atoms with Crippen LogP contribution < -0.4 is 5.11 Å². The molecule has 0 atom stereocenters. The Morgan fingerprint density at radius 2 is 1.96 bits per heavy atom. The van der Waals surface area contributed by atoms with E-state index in [1.807, 2.05) is 25.3 Å². The number of fused-ring (bicyclic) bond motifs is 1. The minimum atomic E-state index is -0.0767. The van der Waals surface area contributed by atoms with Crippen molar-refractivity contribution < 1.29 is 9.68 Å². The summed E-state index contributed by atoms with van der Waals surface area (Å²) in [6, 6.07) is 5.19. The van der Waals surface area contributed by atoms with Gasteiger partial charge in [-0.1, -0.05) is 34.8 Å². The molecular formula is C19H14Cl3N3OS. The summed E-state index contributed by atoms with van der Waals surface area (Å²) in [4.78, 5) is 7.05. The van der Waals surface area contributed by atoms with Crippen molar-refractivity contribution in [1.82, 2.24) is 9.88 Å². The van der Waals surface area contributed by atoms with Gasteiger partial charge in [-0.15, -0.1) is 11.3 Å². The molecule has 8 heteroatoms. The van der Waals surface area contributed by atoms with E-state index in [1.54, 1.807) is 29.0 Å². The molecule has 2 aromatic rings. The molecule has 1 aromatic heterocycles. The Labute approximate surface area is 175 Å². The van der Waals surface area contributed by atoms with Gasteiger partial charge in [0.05, 0.1) is 17.0 Å². The van der Waals surface area contributed by atoms with E-state index in [9.17, 15) is 5.11 Å². The zero-order valence-corrected chi connectivity index (χ0v) is 17.3. The fourth-order valence-corrected chi connectivity index (χ4v) is 4.75. The van der Waals surface area contributed by atoms with E-state index in [0.717, 1.165) is 21.8 Å². The fourth-order valence-electron chi connectivity index (χ4n) is 3.26. The molecule has 0 aliphatic carbocycles. The van der Waals surface area contributed by atoms with Crippen LogP contribution in [0.4, 0.5) is 0 Å². The third-order valence-corrected chi connectivity index (χ3v) is 5.91. The Kier molecular flexibility index (Phi) is 5.03. The second kappa shape index (κ2) is 7.32. The molecule has 27 heavy (non-hydrogen) atoms. The summed E-state index contributed by atoms with van der Waals surface area (Å²) < 4.78 is 2.21. The summed E-state index contributed by atoms with van der Waals surface area (Å²) >= 11 is 19.7. The van der Waals surface area contributed by atoms with Gasteiger partial charge in [0.1, 0.15) is 13.1 Å². The second-order valence-corrected chi connectivity index (χ2v) is 8.82. The summed E-state index contributed by atoms with van der Waals surface area (Å²) in [6.07, 6.45) is 7.63. The number of hydrogen-bond donors (Lipinski definition) is 0. The molecule has 0 unspecified atom stereocenters. The molecular weight excluding hydrogens is 425 g/mol. The Morgan fingerprint density at radius 1 is 1.22 bits per heavy atom. The lowest BCUT2D eigenvalue weighted by Crippen LogP contribution is -2.44. The highest BCUT2D eigenvalue weighted by molar-refractivity contribution is 7.15. The van der Waals surface area contributed by atoms with Crippen LogP contribution in [-0.4, -0.2) is 26.8 Å². The van der Waals surface area contributed by atoms with Crippen molar-refractivity contribution in [2.45, 2.75) is 13.5 Å². The number of allylic oxidation sites excluding steroid dienone is 2. The SMILES string of the molecule is CC1=CC=CN2CC(c3cc(Cl)cc(Cl)c3)=C([O-])[N+](Cc3cnc(Cl)s3)=C12. The molecule has 0 saturated carbocycles.